The zero-order valence-corrected chi connectivity index (χ0v) is 11.2. The van der Waals surface area contributed by atoms with E-state index in [1.165, 1.54) is 7.11 Å². The number of ether oxygens (including phenoxy) is 1. The molecular weight excluding hydrogens is 369 g/mol. The minimum absolute atomic E-state index is 0.0384. The van der Waals surface area contributed by atoms with Crippen molar-refractivity contribution in [3.05, 3.63) is 14.5 Å². The third-order valence-corrected chi connectivity index (χ3v) is 3.98. The van der Waals surface area contributed by atoms with Crippen molar-refractivity contribution in [3.63, 3.8) is 0 Å². The van der Waals surface area contributed by atoms with E-state index in [0.717, 1.165) is 0 Å². The molecule has 1 aromatic heterocycles. The van der Waals surface area contributed by atoms with Gasteiger partial charge in [-0.05, 0) is 0 Å². The monoisotopic (exact) mass is 372 g/mol. The number of halogens is 2. The molecule has 0 aliphatic carbocycles. The molecule has 0 N–H and O–H groups in total. The van der Waals surface area contributed by atoms with Crippen LogP contribution in [-0.4, -0.2) is 39.9 Å². The van der Waals surface area contributed by atoms with Crippen LogP contribution in [0.5, 0.6) is 0 Å². The van der Waals surface area contributed by atoms with E-state index in [-0.39, 0.29) is 11.0 Å². The van der Waals surface area contributed by atoms with E-state index in [0.29, 0.717) is 8.05 Å². The van der Waals surface area contributed by atoms with Crippen molar-refractivity contribution in [3.8, 4) is 0 Å². The summed E-state index contributed by atoms with van der Waals surface area (Å²) in [4.78, 5) is 18.8. The molecule has 0 aliphatic rings. The van der Waals surface area contributed by atoms with Crippen LogP contribution in [0.2, 0.25) is 5.28 Å². The van der Waals surface area contributed by atoms with E-state index in [1.54, 1.807) is 0 Å². The van der Waals surface area contributed by atoms with Crippen LogP contribution in [0.4, 0.5) is 0 Å². The molecule has 68 valence electrons. The molecule has 0 amide bonds. The fourth-order valence-corrected chi connectivity index (χ4v) is 1.82. The second-order valence-electron chi connectivity index (χ2n) is 1.97. The Bertz CT molecular complexity index is 361. The summed E-state index contributed by atoms with van der Waals surface area (Å²) in [6, 6.07) is 0. The van der Waals surface area contributed by atoms with Gasteiger partial charge in [-0.3, -0.25) is 0 Å². The number of aromatic nitrogens is 2. The van der Waals surface area contributed by atoms with Gasteiger partial charge < -0.3 is 0 Å². The maximum atomic E-state index is 11.2. The zero-order chi connectivity index (χ0) is 10.0. The van der Waals surface area contributed by atoms with Crippen LogP contribution < -0.4 is 4.48 Å². The molecule has 0 atom stereocenters. The van der Waals surface area contributed by atoms with Crippen molar-refractivity contribution in [1.82, 2.24) is 9.97 Å². The molecule has 0 aliphatic heterocycles. The van der Waals surface area contributed by atoms with Crippen LogP contribution in [0, 0.1) is 3.57 Å². The molecule has 0 fully saturated rings. The number of carbonyl (C=O) groups is 1. The Morgan fingerprint density at radius 1 is 1.62 bits per heavy atom. The molecule has 7 heteroatoms. The van der Waals surface area contributed by atoms with Gasteiger partial charge in [0.15, 0.2) is 0 Å². The molecule has 1 rings (SSSR count). The zero-order valence-electron chi connectivity index (χ0n) is 6.41. The fourth-order valence-electron chi connectivity index (χ4n) is 0.641. The first-order chi connectivity index (χ1) is 6.06. The Morgan fingerprint density at radius 2 is 2.23 bits per heavy atom. The minimum atomic E-state index is -0.513. The molecule has 0 bridgehead atoms. The molecule has 0 saturated carbocycles. The van der Waals surface area contributed by atoms with Gasteiger partial charge in [0, 0.05) is 0 Å². The summed E-state index contributed by atoms with van der Waals surface area (Å²) in [6.07, 6.45) is 0. The SMILES string of the molecule is COC(=O)c1nc(Cl)nc([As])c1I. The number of hydrogen-bond acceptors (Lipinski definition) is 4. The number of rotatable bonds is 1. The fraction of sp³-hybridized carbons (Fsp3) is 0.167. The summed E-state index contributed by atoms with van der Waals surface area (Å²) in [7, 11) is 1.29. The van der Waals surface area contributed by atoms with Crippen molar-refractivity contribution in [2.45, 2.75) is 0 Å². The van der Waals surface area contributed by atoms with E-state index in [2.05, 4.69) is 31.6 Å². The van der Waals surface area contributed by atoms with E-state index in [1.807, 2.05) is 22.6 Å². The van der Waals surface area contributed by atoms with Gasteiger partial charge in [0.2, 0.25) is 0 Å². The molecular formula is C6H3AsClIN2O2. The normalized spacial score (nSPS) is 9.85. The first-order valence-electron chi connectivity index (χ1n) is 3.06. The van der Waals surface area contributed by atoms with Gasteiger partial charge in [-0.25, -0.2) is 0 Å². The van der Waals surface area contributed by atoms with Crippen molar-refractivity contribution < 1.29 is 9.53 Å². The number of nitrogens with zero attached hydrogens (tertiary/aromatic N) is 2. The molecule has 4 nitrogen and oxygen atoms in total. The summed E-state index contributed by atoms with van der Waals surface area (Å²) in [5, 5.41) is 0.0384. The quantitative estimate of drug-likeness (QED) is 0.308. The summed E-state index contributed by atoms with van der Waals surface area (Å²) < 4.78 is 5.77. The van der Waals surface area contributed by atoms with E-state index >= 15 is 0 Å². The number of hydrogen-bond donors (Lipinski definition) is 0. The van der Waals surface area contributed by atoms with Crippen molar-refractivity contribution in [2.75, 3.05) is 7.11 Å². The average Bonchev–Trinajstić information content (AvgIpc) is 2.10. The summed E-state index contributed by atoms with van der Waals surface area (Å²) >= 11 is 9.76. The van der Waals surface area contributed by atoms with Gasteiger partial charge in [-0.1, -0.05) is 0 Å². The van der Waals surface area contributed by atoms with Gasteiger partial charge in [0.1, 0.15) is 0 Å². The molecule has 0 aromatic carbocycles. The summed E-state index contributed by atoms with van der Waals surface area (Å²) in [5.74, 6) is -0.513. The standard InChI is InChI=1S/C6H3AsClIN2O2/c1-13-5(12)3-2(9)4(7)11-6(8)10-3/h1H3. The van der Waals surface area contributed by atoms with Crippen LogP contribution in [0.25, 0.3) is 0 Å². The second-order valence-corrected chi connectivity index (χ2v) is 4.28. The number of methoxy groups -OCH3 is 1. The Kier molecular flexibility index (Phi) is 3.94. The van der Waals surface area contributed by atoms with Crippen LogP contribution in [0.15, 0.2) is 0 Å². The van der Waals surface area contributed by atoms with Crippen LogP contribution >= 0.6 is 34.2 Å². The maximum absolute atomic E-state index is 11.2. The van der Waals surface area contributed by atoms with E-state index in [4.69, 9.17) is 11.6 Å². The van der Waals surface area contributed by atoms with E-state index < -0.39 is 5.97 Å². The summed E-state index contributed by atoms with van der Waals surface area (Å²) in [6.45, 7) is 0. The Labute approximate surface area is 102 Å². The second kappa shape index (κ2) is 4.57. The van der Waals surface area contributed by atoms with Crippen molar-refractivity contribution in [2.24, 2.45) is 0 Å². The topological polar surface area (TPSA) is 52.1 Å². The first kappa shape index (κ1) is 11.2. The van der Waals surface area contributed by atoms with Gasteiger partial charge in [0.25, 0.3) is 0 Å². The van der Waals surface area contributed by atoms with E-state index in [9.17, 15) is 4.79 Å². The number of carbonyl (C=O) groups excluding carboxylic acids is 1. The molecule has 1 aromatic rings. The first-order valence-corrected chi connectivity index (χ1v) is 5.46. The molecule has 2 radical (unpaired) electrons. The molecule has 0 spiro atoms. The van der Waals surface area contributed by atoms with Gasteiger partial charge in [-0.2, -0.15) is 0 Å². The average molecular weight is 372 g/mol. The predicted octanol–water partition coefficient (Wildman–Crippen LogP) is 0.315. The van der Waals surface area contributed by atoms with Gasteiger partial charge in [-0.15, -0.1) is 0 Å². The predicted molar refractivity (Wildman–Crippen MR) is 56.5 cm³/mol. The Morgan fingerprint density at radius 3 is 2.77 bits per heavy atom. The van der Waals surface area contributed by atoms with Gasteiger partial charge >= 0.3 is 103 Å². The molecule has 1 heterocycles. The molecule has 13 heavy (non-hydrogen) atoms. The van der Waals surface area contributed by atoms with Crippen LogP contribution in [-0.2, 0) is 4.74 Å². The van der Waals surface area contributed by atoms with Crippen molar-refractivity contribution >= 4 is 61.5 Å². The molecule has 0 saturated heterocycles. The Hall–Kier alpha value is 0.128. The van der Waals surface area contributed by atoms with Crippen molar-refractivity contribution in [1.29, 1.82) is 0 Å². The third-order valence-electron chi connectivity index (χ3n) is 1.19. The number of esters is 1. The van der Waals surface area contributed by atoms with Crippen LogP contribution in [0.1, 0.15) is 10.5 Å². The Balaban J connectivity index is 3.28. The van der Waals surface area contributed by atoms with Gasteiger partial charge in [0.05, 0.1) is 0 Å². The molecule has 0 unspecified atom stereocenters. The third kappa shape index (κ3) is 2.54. The van der Waals surface area contributed by atoms with Crippen LogP contribution in [0.3, 0.4) is 0 Å². The summed E-state index contributed by atoms with van der Waals surface area (Å²) in [5.41, 5.74) is 0.193.